The first-order valence-corrected chi connectivity index (χ1v) is 9.53. The number of ether oxygens (including phenoxy) is 2. The molecule has 1 aliphatic carbocycles. The highest BCUT2D eigenvalue weighted by Crippen LogP contribution is 2.38. The van der Waals surface area contributed by atoms with Gasteiger partial charge in [0.2, 0.25) is 5.91 Å². The van der Waals surface area contributed by atoms with E-state index in [-0.39, 0.29) is 24.9 Å². The Labute approximate surface area is 164 Å². The molecule has 1 saturated heterocycles. The van der Waals surface area contributed by atoms with Crippen LogP contribution in [0.1, 0.15) is 38.2 Å². The molecular formula is C20H27N3O5. The highest BCUT2D eigenvalue weighted by atomic mass is 16.5. The summed E-state index contributed by atoms with van der Waals surface area (Å²) >= 11 is 0. The van der Waals surface area contributed by atoms with Gasteiger partial charge >= 0.3 is 6.03 Å². The van der Waals surface area contributed by atoms with Crippen molar-refractivity contribution in [3.63, 3.8) is 0 Å². The number of nitrogens with zero attached hydrogens (tertiary/aromatic N) is 1. The van der Waals surface area contributed by atoms with E-state index in [1.54, 1.807) is 26.4 Å². The van der Waals surface area contributed by atoms with Gasteiger partial charge in [-0.1, -0.05) is 25.8 Å². The summed E-state index contributed by atoms with van der Waals surface area (Å²) in [5.41, 5.74) is -0.0283. The average Bonchev–Trinajstić information content (AvgIpc) is 2.93. The molecule has 2 N–H and O–H groups in total. The summed E-state index contributed by atoms with van der Waals surface area (Å²) in [7, 11) is 3.09. The van der Waals surface area contributed by atoms with Gasteiger partial charge in [-0.3, -0.25) is 14.5 Å². The van der Waals surface area contributed by atoms with E-state index >= 15 is 0 Å². The summed E-state index contributed by atoms with van der Waals surface area (Å²) in [6.07, 6.45) is 3.47. The molecule has 0 radical (unpaired) electrons. The normalized spacial score (nSPS) is 24.2. The van der Waals surface area contributed by atoms with Crippen molar-refractivity contribution in [1.29, 1.82) is 0 Å². The number of methoxy groups -OCH3 is 2. The average molecular weight is 389 g/mol. The molecule has 1 aromatic rings. The summed E-state index contributed by atoms with van der Waals surface area (Å²) in [5.74, 6) is 0.558. The van der Waals surface area contributed by atoms with Crippen molar-refractivity contribution >= 4 is 17.8 Å². The van der Waals surface area contributed by atoms with Crippen molar-refractivity contribution in [3.05, 3.63) is 23.8 Å². The van der Waals surface area contributed by atoms with Gasteiger partial charge in [-0.05, 0) is 36.5 Å². The Morgan fingerprint density at radius 1 is 1.25 bits per heavy atom. The summed E-state index contributed by atoms with van der Waals surface area (Å²) in [6.45, 7) is 1.95. The van der Waals surface area contributed by atoms with E-state index < -0.39 is 17.5 Å². The van der Waals surface area contributed by atoms with Crippen molar-refractivity contribution in [1.82, 2.24) is 15.5 Å². The first-order chi connectivity index (χ1) is 13.4. The van der Waals surface area contributed by atoms with Gasteiger partial charge in [0.1, 0.15) is 12.1 Å². The lowest BCUT2D eigenvalue weighted by Crippen LogP contribution is -2.54. The molecule has 0 aromatic heterocycles. The molecule has 2 aliphatic rings. The van der Waals surface area contributed by atoms with Gasteiger partial charge in [0, 0.05) is 6.54 Å². The second-order valence-corrected chi connectivity index (χ2v) is 7.41. The van der Waals surface area contributed by atoms with E-state index in [1.807, 2.05) is 13.0 Å². The number of hydrogen-bond donors (Lipinski definition) is 2. The number of benzene rings is 1. The van der Waals surface area contributed by atoms with E-state index in [1.165, 1.54) is 0 Å². The van der Waals surface area contributed by atoms with Crippen molar-refractivity contribution in [2.24, 2.45) is 5.92 Å². The summed E-state index contributed by atoms with van der Waals surface area (Å²) in [4.78, 5) is 38.6. The molecule has 8 nitrogen and oxygen atoms in total. The zero-order chi connectivity index (χ0) is 20.3. The molecule has 2 atom stereocenters. The highest BCUT2D eigenvalue weighted by Gasteiger charge is 2.55. The fourth-order valence-corrected chi connectivity index (χ4v) is 4.03. The maximum absolute atomic E-state index is 12.9. The standard InChI is InChI=1S/C20H27N3O5/c1-13-6-4-5-9-20(13)18(25)23(19(26)22-20)12-17(24)21-11-14-7-8-15(27-2)16(10-14)28-3/h7-8,10,13H,4-6,9,11-12H2,1-3H3,(H,21,24)(H,22,26)/t13-,20-/m0/s1. The number of urea groups is 1. The topological polar surface area (TPSA) is 97.0 Å². The Balaban J connectivity index is 1.60. The molecule has 4 amide bonds. The number of imide groups is 1. The molecule has 8 heteroatoms. The lowest BCUT2D eigenvalue weighted by Gasteiger charge is -2.36. The van der Waals surface area contributed by atoms with Crippen LogP contribution in [0.3, 0.4) is 0 Å². The molecule has 2 fully saturated rings. The van der Waals surface area contributed by atoms with E-state index in [9.17, 15) is 14.4 Å². The highest BCUT2D eigenvalue weighted by molar-refractivity contribution is 6.09. The molecule has 1 aliphatic heterocycles. The van der Waals surface area contributed by atoms with Crippen molar-refractivity contribution in [2.75, 3.05) is 20.8 Å². The maximum Gasteiger partial charge on any atom is 0.325 e. The monoisotopic (exact) mass is 389 g/mol. The fourth-order valence-electron chi connectivity index (χ4n) is 4.03. The number of nitrogens with one attached hydrogen (secondary N) is 2. The minimum absolute atomic E-state index is 0.0672. The molecule has 1 aromatic carbocycles. The largest absolute Gasteiger partial charge is 0.493 e. The molecule has 0 bridgehead atoms. The Morgan fingerprint density at radius 3 is 2.68 bits per heavy atom. The third-order valence-corrected chi connectivity index (χ3v) is 5.74. The molecular weight excluding hydrogens is 362 g/mol. The van der Waals surface area contributed by atoms with Gasteiger partial charge in [-0.2, -0.15) is 0 Å². The lowest BCUT2D eigenvalue weighted by atomic mass is 9.73. The van der Waals surface area contributed by atoms with Gasteiger partial charge in [0.25, 0.3) is 5.91 Å². The van der Waals surface area contributed by atoms with Gasteiger partial charge in [0.15, 0.2) is 11.5 Å². The van der Waals surface area contributed by atoms with E-state index in [2.05, 4.69) is 10.6 Å². The van der Waals surface area contributed by atoms with Gasteiger partial charge in [-0.15, -0.1) is 0 Å². The lowest BCUT2D eigenvalue weighted by molar-refractivity contribution is -0.137. The Kier molecular flexibility index (Phi) is 5.76. The van der Waals surface area contributed by atoms with Crippen LogP contribution in [0, 0.1) is 5.92 Å². The van der Waals surface area contributed by atoms with Crippen LogP contribution in [0.2, 0.25) is 0 Å². The number of hydrogen-bond acceptors (Lipinski definition) is 5. The third kappa shape index (κ3) is 3.63. The smallest absolute Gasteiger partial charge is 0.325 e. The minimum Gasteiger partial charge on any atom is -0.493 e. The first-order valence-electron chi connectivity index (χ1n) is 9.53. The number of amides is 4. The van der Waals surface area contributed by atoms with E-state index in [0.29, 0.717) is 17.9 Å². The molecule has 1 heterocycles. The van der Waals surface area contributed by atoms with Gasteiger partial charge < -0.3 is 20.1 Å². The van der Waals surface area contributed by atoms with Crippen LogP contribution in [0.4, 0.5) is 4.79 Å². The van der Waals surface area contributed by atoms with Crippen LogP contribution in [0.15, 0.2) is 18.2 Å². The zero-order valence-electron chi connectivity index (χ0n) is 16.5. The van der Waals surface area contributed by atoms with Crippen LogP contribution >= 0.6 is 0 Å². The quantitative estimate of drug-likeness (QED) is 0.724. The second-order valence-electron chi connectivity index (χ2n) is 7.41. The zero-order valence-corrected chi connectivity index (χ0v) is 16.5. The van der Waals surface area contributed by atoms with Gasteiger partial charge in [-0.25, -0.2) is 4.79 Å². The predicted molar refractivity (Wildman–Crippen MR) is 102 cm³/mol. The number of carbonyl (C=O) groups excluding carboxylic acids is 3. The van der Waals surface area contributed by atoms with E-state index in [4.69, 9.17) is 9.47 Å². The molecule has 1 spiro atoms. The van der Waals surface area contributed by atoms with Crippen LogP contribution in [-0.4, -0.2) is 49.0 Å². The van der Waals surface area contributed by atoms with E-state index in [0.717, 1.165) is 29.7 Å². The maximum atomic E-state index is 12.9. The third-order valence-electron chi connectivity index (χ3n) is 5.74. The van der Waals surface area contributed by atoms with Crippen LogP contribution in [0.25, 0.3) is 0 Å². The number of rotatable bonds is 6. The first kappa shape index (κ1) is 20.0. The fraction of sp³-hybridized carbons (Fsp3) is 0.550. The molecule has 1 saturated carbocycles. The van der Waals surface area contributed by atoms with Crippen molar-refractivity contribution in [2.45, 2.75) is 44.7 Å². The second kappa shape index (κ2) is 8.08. The molecule has 0 unspecified atom stereocenters. The van der Waals surface area contributed by atoms with Crippen LogP contribution in [-0.2, 0) is 16.1 Å². The van der Waals surface area contributed by atoms with Gasteiger partial charge in [0.05, 0.1) is 14.2 Å². The summed E-state index contributed by atoms with van der Waals surface area (Å²) < 4.78 is 10.4. The summed E-state index contributed by atoms with van der Waals surface area (Å²) in [5, 5.41) is 5.60. The molecule has 3 rings (SSSR count). The minimum atomic E-state index is -0.848. The summed E-state index contributed by atoms with van der Waals surface area (Å²) in [6, 6.07) is 4.85. The Hall–Kier alpha value is -2.77. The molecule has 28 heavy (non-hydrogen) atoms. The van der Waals surface area contributed by atoms with Crippen LogP contribution in [0.5, 0.6) is 11.5 Å². The van der Waals surface area contributed by atoms with Crippen molar-refractivity contribution < 1.29 is 23.9 Å². The Morgan fingerprint density at radius 2 is 2.00 bits per heavy atom. The molecule has 152 valence electrons. The predicted octanol–water partition coefficient (Wildman–Crippen LogP) is 1.82. The van der Waals surface area contributed by atoms with Crippen molar-refractivity contribution in [3.8, 4) is 11.5 Å². The van der Waals surface area contributed by atoms with Crippen LogP contribution < -0.4 is 20.1 Å². The number of carbonyl (C=O) groups is 3. The SMILES string of the molecule is COc1ccc(CNC(=O)CN2C(=O)N[C@]3(CCCC[C@@H]3C)C2=O)cc1OC. The Bertz CT molecular complexity index is 781.